The number of amides is 2. The first-order valence-corrected chi connectivity index (χ1v) is 12.6. The number of nitrogens with one attached hydrogen (secondary N) is 1. The maximum absolute atomic E-state index is 12.7. The van der Waals surface area contributed by atoms with Crippen molar-refractivity contribution >= 4 is 39.1 Å². The number of sulfone groups is 1. The number of aryl methyl sites for hydroxylation is 2. The number of carbonyl (C=O) groups is 2. The van der Waals surface area contributed by atoms with E-state index in [0.29, 0.717) is 30.2 Å². The first kappa shape index (κ1) is 21.2. The topological polar surface area (TPSA) is 83.6 Å². The largest absolute Gasteiger partial charge is 0.324 e. The van der Waals surface area contributed by atoms with Gasteiger partial charge in [0.05, 0.1) is 16.9 Å². The first-order chi connectivity index (χ1) is 13.3. The SMILES string of the molecule is Cc1ccc(NC(=O)C2CSCN2C(=O)CCS(=O)(=O)C2CCCC2)cc1C. The predicted molar refractivity (Wildman–Crippen MR) is 113 cm³/mol. The lowest BCUT2D eigenvalue weighted by Gasteiger charge is -2.23. The van der Waals surface area contributed by atoms with Crippen LogP contribution in [-0.2, 0) is 19.4 Å². The third kappa shape index (κ3) is 4.89. The maximum atomic E-state index is 12.7. The van der Waals surface area contributed by atoms with Crippen molar-refractivity contribution in [2.24, 2.45) is 0 Å². The van der Waals surface area contributed by atoms with Gasteiger partial charge in [0.25, 0.3) is 0 Å². The fraction of sp³-hybridized carbons (Fsp3) is 0.600. The van der Waals surface area contributed by atoms with E-state index in [1.54, 1.807) is 0 Å². The van der Waals surface area contributed by atoms with E-state index in [0.717, 1.165) is 24.0 Å². The normalized spacial score (nSPS) is 20.5. The molecule has 28 heavy (non-hydrogen) atoms. The van der Waals surface area contributed by atoms with Gasteiger partial charge in [0.2, 0.25) is 11.8 Å². The Morgan fingerprint density at radius 2 is 1.89 bits per heavy atom. The molecule has 154 valence electrons. The molecule has 0 aromatic heterocycles. The minimum Gasteiger partial charge on any atom is -0.324 e. The first-order valence-electron chi connectivity index (χ1n) is 9.75. The monoisotopic (exact) mass is 424 g/mol. The Morgan fingerprint density at radius 3 is 2.57 bits per heavy atom. The zero-order valence-corrected chi connectivity index (χ0v) is 18.1. The lowest BCUT2D eigenvalue weighted by Crippen LogP contribution is -2.45. The molecule has 0 radical (unpaired) electrons. The predicted octanol–water partition coefficient (Wildman–Crippen LogP) is 2.89. The van der Waals surface area contributed by atoms with Gasteiger partial charge in [-0.3, -0.25) is 9.59 Å². The number of rotatable bonds is 6. The zero-order valence-electron chi connectivity index (χ0n) is 16.4. The second-order valence-electron chi connectivity index (χ2n) is 7.69. The van der Waals surface area contributed by atoms with Gasteiger partial charge in [0.1, 0.15) is 6.04 Å². The third-order valence-corrected chi connectivity index (χ3v) is 8.96. The van der Waals surface area contributed by atoms with Crippen LogP contribution in [0.1, 0.15) is 43.2 Å². The van der Waals surface area contributed by atoms with Crippen molar-refractivity contribution in [3.8, 4) is 0 Å². The van der Waals surface area contributed by atoms with E-state index < -0.39 is 15.9 Å². The van der Waals surface area contributed by atoms with Crippen molar-refractivity contribution in [1.82, 2.24) is 4.90 Å². The Kier molecular flexibility index (Phi) is 6.70. The molecule has 1 atom stereocenters. The summed E-state index contributed by atoms with van der Waals surface area (Å²) in [6.45, 7) is 3.99. The Labute approximate surface area is 171 Å². The van der Waals surface area contributed by atoms with Gasteiger partial charge in [0.15, 0.2) is 9.84 Å². The van der Waals surface area contributed by atoms with Gasteiger partial charge in [0, 0.05) is 17.9 Å². The highest BCUT2D eigenvalue weighted by Gasteiger charge is 2.36. The van der Waals surface area contributed by atoms with Gasteiger partial charge < -0.3 is 10.2 Å². The molecule has 1 aromatic rings. The van der Waals surface area contributed by atoms with E-state index >= 15 is 0 Å². The average molecular weight is 425 g/mol. The summed E-state index contributed by atoms with van der Waals surface area (Å²) in [7, 11) is -3.23. The molecule has 2 aliphatic rings. The molecule has 1 aliphatic carbocycles. The van der Waals surface area contributed by atoms with Crippen LogP contribution in [-0.4, -0.2) is 53.8 Å². The number of hydrogen-bond donors (Lipinski definition) is 1. The van der Waals surface area contributed by atoms with Gasteiger partial charge in [-0.05, 0) is 49.9 Å². The molecule has 1 saturated carbocycles. The second-order valence-corrected chi connectivity index (χ2v) is 11.1. The van der Waals surface area contributed by atoms with Crippen LogP contribution in [0.4, 0.5) is 5.69 Å². The van der Waals surface area contributed by atoms with Gasteiger partial charge >= 0.3 is 0 Å². The van der Waals surface area contributed by atoms with Crippen molar-refractivity contribution in [2.75, 3.05) is 22.7 Å². The van der Waals surface area contributed by atoms with Crippen LogP contribution in [0.5, 0.6) is 0 Å². The molecule has 2 amide bonds. The van der Waals surface area contributed by atoms with E-state index in [9.17, 15) is 18.0 Å². The molecule has 1 aliphatic heterocycles. The van der Waals surface area contributed by atoms with Crippen molar-refractivity contribution < 1.29 is 18.0 Å². The number of nitrogens with zero attached hydrogens (tertiary/aromatic N) is 1. The Balaban J connectivity index is 1.59. The van der Waals surface area contributed by atoms with Crippen LogP contribution in [0.2, 0.25) is 0 Å². The van der Waals surface area contributed by atoms with Crippen molar-refractivity contribution in [3.05, 3.63) is 29.3 Å². The molecule has 1 heterocycles. The smallest absolute Gasteiger partial charge is 0.248 e. The summed E-state index contributed by atoms with van der Waals surface area (Å²) in [5, 5.41) is 2.60. The minimum atomic E-state index is -3.23. The summed E-state index contributed by atoms with van der Waals surface area (Å²) in [6.07, 6.45) is 3.25. The number of benzene rings is 1. The maximum Gasteiger partial charge on any atom is 0.248 e. The summed E-state index contributed by atoms with van der Waals surface area (Å²) in [5.41, 5.74) is 2.94. The van der Waals surface area contributed by atoms with Gasteiger partial charge in [-0.2, -0.15) is 0 Å². The molecule has 8 heteroatoms. The highest BCUT2D eigenvalue weighted by atomic mass is 32.2. The average Bonchev–Trinajstić information content (AvgIpc) is 3.35. The highest BCUT2D eigenvalue weighted by molar-refractivity contribution is 7.99. The number of thioether (sulfide) groups is 1. The molecule has 0 bridgehead atoms. The highest BCUT2D eigenvalue weighted by Crippen LogP contribution is 2.27. The molecular weight excluding hydrogens is 396 g/mol. The summed E-state index contributed by atoms with van der Waals surface area (Å²) in [5.74, 6) is 0.348. The standard InChI is InChI=1S/C20H28N2O4S2/c1-14-7-8-16(11-15(14)2)21-20(24)18-12-27-13-22(18)19(23)9-10-28(25,26)17-5-3-4-6-17/h7-8,11,17-18H,3-6,9-10,12-13H2,1-2H3,(H,21,24). The molecule has 2 fully saturated rings. The summed E-state index contributed by atoms with van der Waals surface area (Å²) < 4.78 is 24.8. The lowest BCUT2D eigenvalue weighted by atomic mass is 10.1. The molecule has 1 saturated heterocycles. The van der Waals surface area contributed by atoms with Crippen LogP contribution in [0.3, 0.4) is 0 Å². The van der Waals surface area contributed by atoms with E-state index in [4.69, 9.17) is 0 Å². The minimum absolute atomic E-state index is 0.0488. The van der Waals surface area contributed by atoms with Crippen LogP contribution >= 0.6 is 11.8 Å². The molecule has 3 rings (SSSR count). The fourth-order valence-corrected chi connectivity index (χ4v) is 6.76. The van der Waals surface area contributed by atoms with E-state index in [-0.39, 0.29) is 29.2 Å². The van der Waals surface area contributed by atoms with Gasteiger partial charge in [-0.15, -0.1) is 11.8 Å². The Hall–Kier alpha value is -1.54. The van der Waals surface area contributed by atoms with E-state index in [2.05, 4.69) is 5.32 Å². The summed E-state index contributed by atoms with van der Waals surface area (Å²) in [4.78, 5) is 26.9. The molecule has 6 nitrogen and oxygen atoms in total. The van der Waals surface area contributed by atoms with Crippen LogP contribution in [0.25, 0.3) is 0 Å². The zero-order chi connectivity index (χ0) is 20.3. The summed E-state index contributed by atoms with van der Waals surface area (Å²) >= 11 is 1.52. The number of hydrogen-bond acceptors (Lipinski definition) is 5. The molecular formula is C20H28N2O4S2. The molecule has 1 N–H and O–H groups in total. The van der Waals surface area contributed by atoms with Crippen LogP contribution in [0, 0.1) is 13.8 Å². The molecule has 1 unspecified atom stereocenters. The van der Waals surface area contributed by atoms with Crippen LogP contribution < -0.4 is 5.32 Å². The lowest BCUT2D eigenvalue weighted by molar-refractivity contribution is -0.135. The fourth-order valence-electron chi connectivity index (χ4n) is 3.74. The third-order valence-electron chi connectivity index (χ3n) is 5.69. The van der Waals surface area contributed by atoms with Gasteiger partial charge in [-0.1, -0.05) is 18.9 Å². The Morgan fingerprint density at radius 1 is 1.18 bits per heavy atom. The molecule has 0 spiro atoms. The van der Waals surface area contributed by atoms with Crippen molar-refractivity contribution in [2.45, 2.75) is 57.2 Å². The van der Waals surface area contributed by atoms with Crippen molar-refractivity contribution in [1.29, 1.82) is 0 Å². The van der Waals surface area contributed by atoms with E-state index in [1.807, 2.05) is 32.0 Å². The number of anilines is 1. The van der Waals surface area contributed by atoms with E-state index in [1.165, 1.54) is 16.7 Å². The quantitative estimate of drug-likeness (QED) is 0.759. The molecule has 1 aromatic carbocycles. The number of carbonyl (C=O) groups excluding carboxylic acids is 2. The van der Waals surface area contributed by atoms with Gasteiger partial charge in [-0.25, -0.2) is 8.42 Å². The van der Waals surface area contributed by atoms with Crippen molar-refractivity contribution in [3.63, 3.8) is 0 Å². The van der Waals surface area contributed by atoms with Crippen LogP contribution in [0.15, 0.2) is 18.2 Å². The Bertz CT molecular complexity index is 848. The summed E-state index contributed by atoms with van der Waals surface area (Å²) in [6, 6.07) is 5.15. The second kappa shape index (κ2) is 8.86.